The molecule has 1 aromatic heterocycles. The number of amides is 1. The number of rotatable bonds is 1. The molecule has 2 aromatic rings. The van der Waals surface area contributed by atoms with Crippen LogP contribution in [0.15, 0.2) is 24.4 Å². The van der Waals surface area contributed by atoms with Gasteiger partial charge in [-0.2, -0.15) is 0 Å². The molecule has 130 valence electrons. The van der Waals surface area contributed by atoms with Gasteiger partial charge in [0.15, 0.2) is 0 Å². The zero-order valence-electron chi connectivity index (χ0n) is 14.8. The van der Waals surface area contributed by atoms with Crippen LogP contribution in [0.1, 0.15) is 45.1 Å². The summed E-state index contributed by atoms with van der Waals surface area (Å²) in [6.45, 7) is 7.18. The second-order valence-corrected chi connectivity index (χ2v) is 8.03. The first kappa shape index (κ1) is 17.2. The molecule has 1 fully saturated rings. The number of aromatic nitrogens is 1. The van der Waals surface area contributed by atoms with E-state index in [4.69, 9.17) is 16.3 Å². The van der Waals surface area contributed by atoms with Crippen molar-refractivity contribution >= 4 is 28.6 Å². The molecule has 0 N–H and O–H groups in total. The van der Waals surface area contributed by atoms with E-state index in [1.54, 1.807) is 0 Å². The summed E-state index contributed by atoms with van der Waals surface area (Å²) in [4.78, 5) is 14.0. The standard InChI is InChI=1S/C19H25ClN2O2/c1-19(2,3)24-18(23)22-9-7-13(8-10-22)16-12-21(4)17-11-14(20)5-6-15(16)17/h5-6,11-13H,7-10H2,1-4H3. The molecule has 2 heterocycles. The number of hydrogen-bond acceptors (Lipinski definition) is 2. The number of nitrogens with zero attached hydrogens (tertiary/aromatic N) is 2. The Morgan fingerprint density at radius 1 is 1.25 bits per heavy atom. The normalized spacial score (nSPS) is 16.6. The maximum absolute atomic E-state index is 12.2. The summed E-state index contributed by atoms with van der Waals surface area (Å²) < 4.78 is 7.61. The van der Waals surface area contributed by atoms with E-state index < -0.39 is 5.60 Å². The predicted octanol–water partition coefficient (Wildman–Crippen LogP) is 4.95. The minimum Gasteiger partial charge on any atom is -0.444 e. The molecule has 1 amide bonds. The molecule has 5 heteroatoms. The minimum atomic E-state index is -0.442. The molecular formula is C19H25ClN2O2. The molecule has 0 radical (unpaired) electrons. The highest BCUT2D eigenvalue weighted by atomic mass is 35.5. The van der Waals surface area contributed by atoms with Crippen LogP contribution in [0.5, 0.6) is 0 Å². The Labute approximate surface area is 148 Å². The van der Waals surface area contributed by atoms with Crippen LogP contribution in [0, 0.1) is 0 Å². The molecule has 0 saturated carbocycles. The summed E-state index contributed by atoms with van der Waals surface area (Å²) in [5, 5.41) is 2.02. The van der Waals surface area contributed by atoms with E-state index in [0.717, 1.165) is 36.5 Å². The van der Waals surface area contributed by atoms with Crippen molar-refractivity contribution in [2.24, 2.45) is 7.05 Å². The Bertz CT molecular complexity index is 753. The van der Waals surface area contributed by atoms with Crippen molar-refractivity contribution in [3.63, 3.8) is 0 Å². The lowest BCUT2D eigenvalue weighted by Crippen LogP contribution is -2.41. The lowest BCUT2D eigenvalue weighted by Gasteiger charge is -2.33. The smallest absolute Gasteiger partial charge is 0.410 e. The molecule has 0 aliphatic carbocycles. The van der Waals surface area contributed by atoms with Gasteiger partial charge in [-0.25, -0.2) is 4.79 Å². The number of carbonyl (C=O) groups is 1. The average Bonchev–Trinajstić information content (AvgIpc) is 2.82. The first-order valence-electron chi connectivity index (χ1n) is 8.47. The van der Waals surface area contributed by atoms with E-state index in [1.165, 1.54) is 10.9 Å². The van der Waals surface area contributed by atoms with Crippen molar-refractivity contribution in [3.05, 3.63) is 35.0 Å². The number of ether oxygens (including phenoxy) is 1. The zero-order valence-corrected chi connectivity index (χ0v) is 15.6. The first-order valence-corrected chi connectivity index (χ1v) is 8.85. The maximum Gasteiger partial charge on any atom is 0.410 e. The Morgan fingerprint density at radius 3 is 2.54 bits per heavy atom. The van der Waals surface area contributed by atoms with Gasteiger partial charge in [-0.05, 0) is 57.2 Å². The van der Waals surface area contributed by atoms with Crippen LogP contribution in [0.4, 0.5) is 4.79 Å². The number of fused-ring (bicyclic) bond motifs is 1. The second-order valence-electron chi connectivity index (χ2n) is 7.60. The molecule has 1 aliphatic heterocycles. The first-order chi connectivity index (χ1) is 11.2. The minimum absolute atomic E-state index is 0.203. The van der Waals surface area contributed by atoms with Crippen molar-refractivity contribution in [1.82, 2.24) is 9.47 Å². The van der Waals surface area contributed by atoms with Crippen LogP contribution in [0.3, 0.4) is 0 Å². The molecule has 1 aliphatic rings. The third kappa shape index (κ3) is 3.54. The van der Waals surface area contributed by atoms with E-state index >= 15 is 0 Å². The Balaban J connectivity index is 1.72. The summed E-state index contributed by atoms with van der Waals surface area (Å²) >= 11 is 6.12. The summed E-state index contributed by atoms with van der Waals surface area (Å²) in [5.41, 5.74) is 2.07. The van der Waals surface area contributed by atoms with Crippen molar-refractivity contribution < 1.29 is 9.53 Å². The highest BCUT2D eigenvalue weighted by Crippen LogP contribution is 2.35. The van der Waals surface area contributed by atoms with Crippen molar-refractivity contribution in [2.75, 3.05) is 13.1 Å². The van der Waals surface area contributed by atoms with Gasteiger partial charge in [0, 0.05) is 42.3 Å². The number of benzene rings is 1. The lowest BCUT2D eigenvalue weighted by atomic mass is 9.89. The van der Waals surface area contributed by atoms with E-state index in [2.05, 4.69) is 23.9 Å². The Hall–Kier alpha value is -1.68. The van der Waals surface area contributed by atoms with Gasteiger partial charge in [-0.1, -0.05) is 17.7 Å². The molecule has 1 saturated heterocycles. The molecule has 0 unspecified atom stereocenters. The van der Waals surface area contributed by atoms with E-state index in [1.807, 2.05) is 37.8 Å². The number of carbonyl (C=O) groups excluding carboxylic acids is 1. The molecular weight excluding hydrogens is 324 g/mol. The highest BCUT2D eigenvalue weighted by molar-refractivity contribution is 6.31. The monoisotopic (exact) mass is 348 g/mol. The van der Waals surface area contributed by atoms with E-state index in [9.17, 15) is 4.79 Å². The molecule has 4 nitrogen and oxygen atoms in total. The van der Waals surface area contributed by atoms with Gasteiger partial charge in [-0.15, -0.1) is 0 Å². The fraction of sp³-hybridized carbons (Fsp3) is 0.526. The molecule has 0 atom stereocenters. The quantitative estimate of drug-likeness (QED) is 0.731. The lowest BCUT2D eigenvalue weighted by molar-refractivity contribution is 0.0205. The third-order valence-electron chi connectivity index (χ3n) is 4.57. The van der Waals surface area contributed by atoms with Crippen LogP contribution >= 0.6 is 11.6 Å². The SMILES string of the molecule is Cn1cc(C2CCN(C(=O)OC(C)(C)C)CC2)c2ccc(Cl)cc21. The van der Waals surface area contributed by atoms with Gasteiger partial charge in [-0.3, -0.25) is 0 Å². The van der Waals surface area contributed by atoms with Crippen molar-refractivity contribution in [1.29, 1.82) is 0 Å². The fourth-order valence-electron chi connectivity index (χ4n) is 3.41. The van der Waals surface area contributed by atoms with E-state index in [0.29, 0.717) is 5.92 Å². The Kier molecular flexibility index (Phi) is 4.52. The van der Waals surface area contributed by atoms with Crippen LogP contribution in [-0.4, -0.2) is 34.3 Å². The highest BCUT2D eigenvalue weighted by Gasteiger charge is 2.28. The maximum atomic E-state index is 12.2. The van der Waals surface area contributed by atoms with Gasteiger partial charge in [0.25, 0.3) is 0 Å². The largest absolute Gasteiger partial charge is 0.444 e. The summed E-state index contributed by atoms with van der Waals surface area (Å²) in [7, 11) is 2.05. The van der Waals surface area contributed by atoms with Crippen LogP contribution in [-0.2, 0) is 11.8 Å². The summed E-state index contributed by atoms with van der Waals surface area (Å²) in [6, 6.07) is 6.06. The van der Waals surface area contributed by atoms with Crippen LogP contribution < -0.4 is 0 Å². The van der Waals surface area contributed by atoms with Gasteiger partial charge < -0.3 is 14.2 Å². The predicted molar refractivity (Wildman–Crippen MR) is 97.7 cm³/mol. The van der Waals surface area contributed by atoms with Crippen molar-refractivity contribution in [3.8, 4) is 0 Å². The number of hydrogen-bond donors (Lipinski definition) is 0. The number of aryl methyl sites for hydroxylation is 1. The van der Waals surface area contributed by atoms with Gasteiger partial charge in [0.1, 0.15) is 5.60 Å². The molecule has 0 spiro atoms. The van der Waals surface area contributed by atoms with Crippen molar-refractivity contribution in [2.45, 2.75) is 45.1 Å². The van der Waals surface area contributed by atoms with Gasteiger partial charge in [0.2, 0.25) is 0 Å². The van der Waals surface area contributed by atoms with Gasteiger partial charge in [0.05, 0.1) is 0 Å². The zero-order chi connectivity index (χ0) is 17.5. The number of likely N-dealkylation sites (tertiary alicyclic amines) is 1. The molecule has 24 heavy (non-hydrogen) atoms. The Morgan fingerprint density at radius 2 is 1.92 bits per heavy atom. The second kappa shape index (κ2) is 6.32. The van der Waals surface area contributed by atoms with E-state index in [-0.39, 0.29) is 6.09 Å². The van der Waals surface area contributed by atoms with Crippen LogP contribution in [0.25, 0.3) is 10.9 Å². The third-order valence-corrected chi connectivity index (χ3v) is 4.81. The average molecular weight is 349 g/mol. The van der Waals surface area contributed by atoms with Crippen LogP contribution in [0.2, 0.25) is 5.02 Å². The molecule has 3 rings (SSSR count). The summed E-state index contributed by atoms with van der Waals surface area (Å²) in [5.74, 6) is 0.466. The fourth-order valence-corrected chi connectivity index (χ4v) is 3.58. The molecule has 1 aromatic carbocycles. The van der Waals surface area contributed by atoms with Gasteiger partial charge >= 0.3 is 6.09 Å². The summed E-state index contributed by atoms with van der Waals surface area (Å²) in [6.07, 6.45) is 3.92. The number of halogens is 1. The molecule has 0 bridgehead atoms. The number of piperidine rings is 1. The topological polar surface area (TPSA) is 34.5 Å².